The van der Waals surface area contributed by atoms with Crippen LogP contribution in [0.3, 0.4) is 0 Å². The van der Waals surface area contributed by atoms with Gasteiger partial charge in [-0.2, -0.15) is 5.10 Å². The SMILES string of the molecule is CC(C)C1=NCC=C1CN1CCn2nnnc2C1c1cn(-c2ccccc2)nc1C(C)C. The summed E-state index contributed by atoms with van der Waals surface area (Å²) in [5.74, 6) is 1.58. The first kappa shape index (κ1) is 20.8. The van der Waals surface area contributed by atoms with Crippen LogP contribution in [0.15, 0.2) is 53.2 Å². The maximum atomic E-state index is 5.00. The van der Waals surface area contributed by atoms with E-state index in [2.05, 4.69) is 72.5 Å². The highest BCUT2D eigenvalue weighted by atomic mass is 15.6. The fourth-order valence-corrected chi connectivity index (χ4v) is 4.74. The van der Waals surface area contributed by atoms with E-state index in [0.29, 0.717) is 5.92 Å². The van der Waals surface area contributed by atoms with Gasteiger partial charge in [-0.3, -0.25) is 9.89 Å². The van der Waals surface area contributed by atoms with Gasteiger partial charge in [0.25, 0.3) is 0 Å². The number of hydrogen-bond donors (Lipinski definition) is 0. The Kier molecular flexibility index (Phi) is 5.46. The molecule has 3 aromatic rings. The zero-order valence-corrected chi connectivity index (χ0v) is 19.2. The molecule has 0 saturated heterocycles. The molecule has 4 heterocycles. The largest absolute Gasteiger partial charge is 0.285 e. The van der Waals surface area contributed by atoms with Gasteiger partial charge in [-0.15, -0.1) is 5.10 Å². The molecule has 0 amide bonds. The first-order valence-corrected chi connectivity index (χ1v) is 11.4. The number of benzene rings is 1. The van der Waals surface area contributed by atoms with Gasteiger partial charge in [-0.1, -0.05) is 52.0 Å². The molecular formula is C24H30N8. The van der Waals surface area contributed by atoms with E-state index in [4.69, 9.17) is 10.1 Å². The quantitative estimate of drug-likeness (QED) is 0.599. The minimum atomic E-state index is -0.0523. The van der Waals surface area contributed by atoms with Crippen molar-refractivity contribution in [2.24, 2.45) is 10.9 Å². The fourth-order valence-electron chi connectivity index (χ4n) is 4.74. The third-order valence-electron chi connectivity index (χ3n) is 6.25. The molecule has 0 N–H and O–H groups in total. The number of aromatic nitrogens is 6. The Labute approximate surface area is 188 Å². The molecular weight excluding hydrogens is 400 g/mol. The van der Waals surface area contributed by atoms with Gasteiger partial charge in [0.05, 0.1) is 24.5 Å². The Balaban J connectivity index is 1.57. The molecule has 5 rings (SSSR count). The molecule has 0 saturated carbocycles. The Hall–Kier alpha value is -3.13. The maximum absolute atomic E-state index is 5.00. The van der Waals surface area contributed by atoms with Crippen LogP contribution in [0.5, 0.6) is 0 Å². The van der Waals surface area contributed by atoms with E-state index in [0.717, 1.165) is 43.4 Å². The number of rotatable bonds is 6. The summed E-state index contributed by atoms with van der Waals surface area (Å²) in [7, 11) is 0. The van der Waals surface area contributed by atoms with Gasteiger partial charge in [-0.05, 0) is 40.0 Å². The Morgan fingerprint density at radius 1 is 1.03 bits per heavy atom. The lowest BCUT2D eigenvalue weighted by Crippen LogP contribution is -2.41. The first-order chi connectivity index (χ1) is 15.5. The van der Waals surface area contributed by atoms with Crippen LogP contribution in [0, 0.1) is 5.92 Å². The summed E-state index contributed by atoms with van der Waals surface area (Å²) >= 11 is 0. The highest BCUT2D eigenvalue weighted by Crippen LogP contribution is 2.36. The fraction of sp³-hybridized carbons (Fsp3) is 0.458. The molecule has 0 bridgehead atoms. The Bertz CT molecular complexity index is 1150. The van der Waals surface area contributed by atoms with Crippen molar-refractivity contribution in [3.63, 3.8) is 0 Å². The number of para-hydroxylation sites is 1. The molecule has 0 aliphatic carbocycles. The minimum Gasteiger partial charge on any atom is -0.285 e. The van der Waals surface area contributed by atoms with Crippen LogP contribution in [0.25, 0.3) is 5.69 Å². The van der Waals surface area contributed by atoms with Crippen molar-refractivity contribution in [1.29, 1.82) is 0 Å². The van der Waals surface area contributed by atoms with Gasteiger partial charge >= 0.3 is 0 Å². The normalized spacial score (nSPS) is 18.9. The average molecular weight is 431 g/mol. The van der Waals surface area contributed by atoms with Gasteiger partial charge in [-0.25, -0.2) is 9.36 Å². The second-order valence-electron chi connectivity index (χ2n) is 9.15. The van der Waals surface area contributed by atoms with Crippen LogP contribution >= 0.6 is 0 Å². The average Bonchev–Trinajstić information content (AvgIpc) is 3.53. The molecule has 166 valence electrons. The van der Waals surface area contributed by atoms with Crippen molar-refractivity contribution in [1.82, 2.24) is 34.9 Å². The smallest absolute Gasteiger partial charge is 0.173 e. The van der Waals surface area contributed by atoms with Gasteiger partial charge in [0.15, 0.2) is 5.82 Å². The van der Waals surface area contributed by atoms with E-state index in [-0.39, 0.29) is 12.0 Å². The summed E-state index contributed by atoms with van der Waals surface area (Å²) in [4.78, 5) is 7.22. The summed E-state index contributed by atoms with van der Waals surface area (Å²) in [5.41, 5.74) is 5.85. The lowest BCUT2D eigenvalue weighted by atomic mass is 9.95. The number of tetrazole rings is 1. The molecule has 1 aromatic carbocycles. The summed E-state index contributed by atoms with van der Waals surface area (Å²) < 4.78 is 3.92. The minimum absolute atomic E-state index is 0.0523. The third-order valence-corrected chi connectivity index (χ3v) is 6.25. The highest BCUT2D eigenvalue weighted by molar-refractivity contribution is 6.03. The van der Waals surface area contributed by atoms with Crippen molar-refractivity contribution in [3.05, 3.63) is 65.3 Å². The van der Waals surface area contributed by atoms with Crippen molar-refractivity contribution >= 4 is 5.71 Å². The predicted octanol–water partition coefficient (Wildman–Crippen LogP) is 3.42. The second kappa shape index (κ2) is 8.43. The molecule has 2 aromatic heterocycles. The molecule has 1 unspecified atom stereocenters. The maximum Gasteiger partial charge on any atom is 0.173 e. The molecule has 1 atom stereocenters. The summed E-state index contributed by atoms with van der Waals surface area (Å²) in [6, 6.07) is 10.2. The monoisotopic (exact) mass is 430 g/mol. The van der Waals surface area contributed by atoms with Crippen LogP contribution in [-0.2, 0) is 6.54 Å². The van der Waals surface area contributed by atoms with Crippen LogP contribution < -0.4 is 0 Å². The Morgan fingerprint density at radius 3 is 2.59 bits per heavy atom. The highest BCUT2D eigenvalue weighted by Gasteiger charge is 2.36. The molecule has 8 nitrogen and oxygen atoms in total. The van der Waals surface area contributed by atoms with Crippen LogP contribution in [0.4, 0.5) is 0 Å². The summed E-state index contributed by atoms with van der Waals surface area (Å²) in [6.07, 6.45) is 4.42. The van der Waals surface area contributed by atoms with Crippen molar-refractivity contribution in [2.45, 2.75) is 46.2 Å². The van der Waals surface area contributed by atoms with E-state index in [1.807, 2.05) is 27.6 Å². The molecule has 0 spiro atoms. The van der Waals surface area contributed by atoms with Crippen LogP contribution in [-0.4, -0.2) is 60.2 Å². The topological polar surface area (TPSA) is 77.0 Å². The zero-order valence-electron chi connectivity index (χ0n) is 19.2. The van der Waals surface area contributed by atoms with Gasteiger partial charge in [0.1, 0.15) is 6.04 Å². The molecule has 2 aliphatic heterocycles. The first-order valence-electron chi connectivity index (χ1n) is 11.4. The molecule has 8 heteroatoms. The van der Waals surface area contributed by atoms with E-state index >= 15 is 0 Å². The third kappa shape index (κ3) is 3.68. The zero-order chi connectivity index (χ0) is 22.2. The number of aliphatic imine (C=N–C) groups is 1. The number of hydrogen-bond acceptors (Lipinski definition) is 6. The van der Waals surface area contributed by atoms with Crippen molar-refractivity contribution < 1.29 is 0 Å². The lowest BCUT2D eigenvalue weighted by Gasteiger charge is -2.35. The van der Waals surface area contributed by atoms with Crippen LogP contribution in [0.1, 0.15) is 56.7 Å². The lowest BCUT2D eigenvalue weighted by molar-refractivity contribution is 0.187. The molecule has 2 aliphatic rings. The van der Waals surface area contributed by atoms with E-state index in [1.165, 1.54) is 16.8 Å². The molecule has 32 heavy (non-hydrogen) atoms. The summed E-state index contributed by atoms with van der Waals surface area (Å²) in [5, 5.41) is 17.7. The predicted molar refractivity (Wildman–Crippen MR) is 124 cm³/mol. The molecule has 0 radical (unpaired) electrons. The Morgan fingerprint density at radius 2 is 1.84 bits per heavy atom. The van der Waals surface area contributed by atoms with E-state index in [1.54, 1.807) is 0 Å². The van der Waals surface area contributed by atoms with Crippen molar-refractivity contribution in [2.75, 3.05) is 19.6 Å². The van der Waals surface area contributed by atoms with Gasteiger partial charge in [0.2, 0.25) is 0 Å². The second-order valence-corrected chi connectivity index (χ2v) is 9.15. The van der Waals surface area contributed by atoms with Gasteiger partial charge in [0, 0.05) is 30.6 Å². The molecule has 0 fully saturated rings. The number of nitrogens with zero attached hydrogens (tertiary/aromatic N) is 8. The van der Waals surface area contributed by atoms with E-state index < -0.39 is 0 Å². The van der Waals surface area contributed by atoms with Crippen molar-refractivity contribution in [3.8, 4) is 5.69 Å². The van der Waals surface area contributed by atoms with E-state index in [9.17, 15) is 0 Å². The standard InChI is InChI=1S/C24H30N8/c1-16(2)21-18(10-11-25-21)14-30-12-13-31-24(26-28-29-31)23(30)20-15-32(27-22(20)17(3)4)19-8-6-5-7-9-19/h5-10,15-17,23H,11-14H2,1-4H3. The van der Waals surface area contributed by atoms with Crippen LogP contribution in [0.2, 0.25) is 0 Å². The van der Waals surface area contributed by atoms with Gasteiger partial charge < -0.3 is 0 Å². The summed E-state index contributed by atoms with van der Waals surface area (Å²) in [6.45, 7) is 12.1. The number of fused-ring (bicyclic) bond motifs is 1.